The second-order valence-electron chi connectivity index (χ2n) is 4.59. The van der Waals surface area contributed by atoms with Crippen LogP contribution in [-0.4, -0.2) is 11.0 Å². The number of nitrogens with zero attached hydrogens (tertiary/aromatic N) is 2. The average Bonchev–Trinajstić information content (AvgIpc) is 2.16. The molecule has 0 fully saturated rings. The molecule has 0 amide bonds. The van der Waals surface area contributed by atoms with Crippen molar-refractivity contribution in [3.63, 3.8) is 0 Å². The molecule has 0 aromatic carbocycles. The lowest BCUT2D eigenvalue weighted by Gasteiger charge is -2.19. The number of aryl methyl sites for hydroxylation is 2. The first-order chi connectivity index (χ1) is 7.45. The highest BCUT2D eigenvalue weighted by molar-refractivity contribution is 5.56. The summed E-state index contributed by atoms with van der Waals surface area (Å²) in [5.41, 5.74) is 2.57. The van der Waals surface area contributed by atoms with Crippen molar-refractivity contribution in [1.29, 1.82) is 5.26 Å². The molecule has 0 spiro atoms. The number of nitriles is 1. The molecule has 3 nitrogen and oxygen atoms in total. The van der Waals surface area contributed by atoms with Gasteiger partial charge in [-0.05, 0) is 38.3 Å². The topological polar surface area (TPSA) is 48.7 Å². The summed E-state index contributed by atoms with van der Waals surface area (Å²) in [6.07, 6.45) is 0. The minimum atomic E-state index is 0.306. The lowest BCUT2D eigenvalue weighted by Crippen LogP contribution is -2.23. The summed E-state index contributed by atoms with van der Waals surface area (Å²) in [6, 6.07) is 4.45. The Labute approximate surface area is 97.5 Å². The maximum atomic E-state index is 9.11. The Morgan fingerprint density at radius 2 is 1.94 bits per heavy atom. The Kier molecular flexibility index (Phi) is 3.89. The smallest absolute Gasteiger partial charge is 0.144 e. The van der Waals surface area contributed by atoms with E-state index < -0.39 is 0 Å². The van der Waals surface area contributed by atoms with E-state index in [9.17, 15) is 0 Å². The molecule has 1 heterocycles. The van der Waals surface area contributed by atoms with Gasteiger partial charge in [-0.25, -0.2) is 4.98 Å². The molecular weight excluding hydrogens is 198 g/mol. The number of rotatable bonds is 3. The van der Waals surface area contributed by atoms with Crippen LogP contribution in [0.15, 0.2) is 6.07 Å². The SMILES string of the molecule is Cc1cc(C)c(C#N)c(NC(C)C(C)C)n1. The maximum absolute atomic E-state index is 9.11. The highest BCUT2D eigenvalue weighted by Crippen LogP contribution is 2.19. The highest BCUT2D eigenvalue weighted by Gasteiger charge is 2.12. The van der Waals surface area contributed by atoms with Gasteiger partial charge in [-0.3, -0.25) is 0 Å². The molecule has 1 aromatic rings. The standard InChI is InChI=1S/C13H19N3/c1-8(2)11(5)16-13-12(7-14)9(3)6-10(4)15-13/h6,8,11H,1-5H3,(H,15,16). The van der Waals surface area contributed by atoms with Gasteiger partial charge in [-0.1, -0.05) is 13.8 Å². The molecule has 0 aliphatic heterocycles. The van der Waals surface area contributed by atoms with Crippen molar-refractivity contribution in [2.24, 2.45) is 5.92 Å². The zero-order chi connectivity index (χ0) is 12.3. The number of anilines is 1. The Balaban J connectivity index is 3.08. The molecule has 0 saturated carbocycles. The van der Waals surface area contributed by atoms with Crippen molar-refractivity contribution >= 4 is 5.82 Å². The minimum absolute atomic E-state index is 0.306. The molecule has 0 aliphatic rings. The second kappa shape index (κ2) is 4.98. The van der Waals surface area contributed by atoms with Gasteiger partial charge in [0.1, 0.15) is 11.9 Å². The van der Waals surface area contributed by atoms with Crippen LogP contribution in [0.5, 0.6) is 0 Å². The summed E-state index contributed by atoms with van der Waals surface area (Å²) in [7, 11) is 0. The number of nitrogens with one attached hydrogen (secondary N) is 1. The van der Waals surface area contributed by atoms with Gasteiger partial charge >= 0.3 is 0 Å². The fourth-order valence-electron chi connectivity index (χ4n) is 1.46. The zero-order valence-corrected chi connectivity index (χ0v) is 10.6. The molecule has 86 valence electrons. The largest absolute Gasteiger partial charge is 0.366 e. The van der Waals surface area contributed by atoms with Crippen LogP contribution in [0.3, 0.4) is 0 Å². The van der Waals surface area contributed by atoms with Crippen molar-refractivity contribution < 1.29 is 0 Å². The number of aromatic nitrogens is 1. The van der Waals surface area contributed by atoms with E-state index in [1.165, 1.54) is 0 Å². The molecular formula is C13H19N3. The Hall–Kier alpha value is -1.56. The van der Waals surface area contributed by atoms with E-state index in [1.54, 1.807) is 0 Å². The lowest BCUT2D eigenvalue weighted by atomic mass is 10.1. The summed E-state index contributed by atoms with van der Waals surface area (Å²) in [5, 5.41) is 12.4. The van der Waals surface area contributed by atoms with Gasteiger partial charge in [0.05, 0.1) is 5.56 Å². The normalized spacial score (nSPS) is 12.3. The van der Waals surface area contributed by atoms with E-state index >= 15 is 0 Å². The van der Waals surface area contributed by atoms with Crippen LogP contribution in [0.1, 0.15) is 37.6 Å². The minimum Gasteiger partial charge on any atom is -0.366 e. The van der Waals surface area contributed by atoms with Crippen LogP contribution in [0, 0.1) is 31.1 Å². The van der Waals surface area contributed by atoms with Gasteiger partial charge < -0.3 is 5.32 Å². The Morgan fingerprint density at radius 1 is 1.31 bits per heavy atom. The van der Waals surface area contributed by atoms with Crippen molar-refractivity contribution in [3.05, 3.63) is 22.9 Å². The third-order valence-corrected chi connectivity index (χ3v) is 2.82. The first-order valence-electron chi connectivity index (χ1n) is 5.60. The first kappa shape index (κ1) is 12.5. The average molecular weight is 217 g/mol. The van der Waals surface area contributed by atoms with E-state index in [0.717, 1.165) is 11.3 Å². The molecule has 1 unspecified atom stereocenters. The number of pyridine rings is 1. The third kappa shape index (κ3) is 2.73. The molecule has 16 heavy (non-hydrogen) atoms. The molecule has 1 atom stereocenters. The molecule has 0 radical (unpaired) electrons. The van der Waals surface area contributed by atoms with Crippen LogP contribution in [0.4, 0.5) is 5.82 Å². The highest BCUT2D eigenvalue weighted by atomic mass is 15.0. The van der Waals surface area contributed by atoms with Gasteiger partial charge in [0.15, 0.2) is 0 Å². The summed E-state index contributed by atoms with van der Waals surface area (Å²) >= 11 is 0. The molecule has 0 bridgehead atoms. The lowest BCUT2D eigenvalue weighted by molar-refractivity contribution is 0.558. The van der Waals surface area contributed by atoms with Crippen molar-refractivity contribution in [1.82, 2.24) is 4.98 Å². The predicted molar refractivity (Wildman–Crippen MR) is 66.3 cm³/mol. The predicted octanol–water partition coefficient (Wildman–Crippen LogP) is 3.03. The monoisotopic (exact) mass is 217 g/mol. The van der Waals surface area contributed by atoms with E-state index in [1.807, 2.05) is 19.9 Å². The van der Waals surface area contributed by atoms with Gasteiger partial charge in [0.25, 0.3) is 0 Å². The Morgan fingerprint density at radius 3 is 2.44 bits per heavy atom. The van der Waals surface area contributed by atoms with E-state index in [0.29, 0.717) is 23.3 Å². The fraction of sp³-hybridized carbons (Fsp3) is 0.538. The molecule has 0 saturated heterocycles. The van der Waals surface area contributed by atoms with E-state index in [4.69, 9.17) is 5.26 Å². The van der Waals surface area contributed by atoms with E-state index in [-0.39, 0.29) is 0 Å². The summed E-state index contributed by atoms with van der Waals surface area (Å²) in [4.78, 5) is 4.39. The molecule has 1 N–H and O–H groups in total. The van der Waals surface area contributed by atoms with E-state index in [2.05, 4.69) is 37.1 Å². The third-order valence-electron chi connectivity index (χ3n) is 2.82. The van der Waals surface area contributed by atoms with Crippen molar-refractivity contribution in [3.8, 4) is 6.07 Å². The van der Waals surface area contributed by atoms with Gasteiger partial charge in [-0.15, -0.1) is 0 Å². The van der Waals surface area contributed by atoms with Crippen LogP contribution in [0.25, 0.3) is 0 Å². The fourth-order valence-corrected chi connectivity index (χ4v) is 1.46. The first-order valence-corrected chi connectivity index (χ1v) is 5.60. The van der Waals surface area contributed by atoms with Gasteiger partial charge in [0.2, 0.25) is 0 Å². The maximum Gasteiger partial charge on any atom is 0.144 e. The van der Waals surface area contributed by atoms with Crippen molar-refractivity contribution in [2.75, 3.05) is 5.32 Å². The number of hydrogen-bond acceptors (Lipinski definition) is 3. The van der Waals surface area contributed by atoms with Crippen LogP contribution >= 0.6 is 0 Å². The molecule has 1 rings (SSSR count). The second-order valence-corrected chi connectivity index (χ2v) is 4.59. The van der Waals surface area contributed by atoms with Crippen molar-refractivity contribution in [2.45, 2.75) is 40.7 Å². The van der Waals surface area contributed by atoms with Crippen LogP contribution in [0.2, 0.25) is 0 Å². The van der Waals surface area contributed by atoms with Crippen LogP contribution in [-0.2, 0) is 0 Å². The molecule has 0 aliphatic carbocycles. The number of hydrogen-bond donors (Lipinski definition) is 1. The van der Waals surface area contributed by atoms with Gasteiger partial charge in [-0.2, -0.15) is 5.26 Å². The summed E-state index contributed by atoms with van der Waals surface area (Å²) < 4.78 is 0. The summed E-state index contributed by atoms with van der Waals surface area (Å²) in [5.74, 6) is 1.22. The zero-order valence-electron chi connectivity index (χ0n) is 10.6. The molecule has 1 aromatic heterocycles. The van der Waals surface area contributed by atoms with Gasteiger partial charge in [0, 0.05) is 11.7 Å². The quantitative estimate of drug-likeness (QED) is 0.846. The molecule has 3 heteroatoms. The van der Waals surface area contributed by atoms with Crippen LogP contribution < -0.4 is 5.32 Å². The Bertz CT molecular complexity index is 416. The summed E-state index contributed by atoms with van der Waals surface area (Å²) in [6.45, 7) is 10.3.